The first-order valence-electron chi connectivity index (χ1n) is 9.13. The Morgan fingerprint density at radius 2 is 1.85 bits per heavy atom. The van der Waals surface area contributed by atoms with Crippen LogP contribution in [0.15, 0.2) is 71.1 Å². The summed E-state index contributed by atoms with van der Waals surface area (Å²) in [6.45, 7) is 0. The number of rotatable bonds is 3. The van der Waals surface area contributed by atoms with Gasteiger partial charge in [0.2, 0.25) is 6.23 Å². The third kappa shape index (κ3) is 2.79. The molecule has 0 aliphatic carbocycles. The second kappa shape index (κ2) is 6.43. The van der Waals surface area contributed by atoms with Gasteiger partial charge in [-0.2, -0.15) is 5.10 Å². The number of anilines is 1. The second-order valence-corrected chi connectivity index (χ2v) is 8.07. The van der Waals surface area contributed by atoms with Gasteiger partial charge in [0.05, 0.1) is 16.6 Å². The molecule has 0 saturated carbocycles. The summed E-state index contributed by atoms with van der Waals surface area (Å²) in [7, 11) is 4.10. The van der Waals surface area contributed by atoms with Gasteiger partial charge < -0.3 is 9.64 Å². The quantitative estimate of drug-likeness (QED) is 0.641. The van der Waals surface area contributed by atoms with Gasteiger partial charge >= 0.3 is 0 Å². The molecule has 3 heterocycles. The van der Waals surface area contributed by atoms with Crippen LogP contribution in [-0.4, -0.2) is 24.8 Å². The number of para-hydroxylation sites is 1. The average Bonchev–Trinajstić information content (AvgIpc) is 3.37. The highest BCUT2D eigenvalue weighted by atomic mass is 32.1. The maximum Gasteiger partial charge on any atom is 0.213 e. The van der Waals surface area contributed by atoms with Gasteiger partial charge in [-0.15, -0.1) is 11.3 Å². The number of thiophene rings is 1. The first-order chi connectivity index (χ1) is 13.2. The Morgan fingerprint density at radius 1 is 1.04 bits per heavy atom. The topological polar surface area (TPSA) is 28.1 Å². The molecule has 3 aromatic rings. The van der Waals surface area contributed by atoms with E-state index < -0.39 is 0 Å². The molecule has 2 aromatic carbocycles. The van der Waals surface area contributed by atoms with Crippen molar-refractivity contribution < 1.29 is 4.74 Å². The second-order valence-electron chi connectivity index (χ2n) is 7.12. The molecule has 5 heteroatoms. The van der Waals surface area contributed by atoms with E-state index in [1.807, 2.05) is 6.07 Å². The normalized spacial score (nSPS) is 20.5. The van der Waals surface area contributed by atoms with Crippen LogP contribution in [-0.2, 0) is 0 Å². The van der Waals surface area contributed by atoms with Crippen molar-refractivity contribution in [2.45, 2.75) is 18.7 Å². The lowest BCUT2D eigenvalue weighted by atomic mass is 9.97. The van der Waals surface area contributed by atoms with Crippen molar-refractivity contribution in [3.05, 3.63) is 82.0 Å². The molecule has 0 radical (unpaired) electrons. The van der Waals surface area contributed by atoms with Crippen LogP contribution in [0.5, 0.6) is 5.75 Å². The fourth-order valence-corrected chi connectivity index (χ4v) is 4.50. The zero-order valence-electron chi connectivity index (χ0n) is 15.4. The number of fused-ring (bicyclic) bond motifs is 3. The summed E-state index contributed by atoms with van der Waals surface area (Å²) in [5, 5.41) is 9.24. The van der Waals surface area contributed by atoms with Crippen LogP contribution in [0.1, 0.15) is 34.7 Å². The molecule has 0 spiro atoms. The molecular formula is C22H21N3OS. The van der Waals surface area contributed by atoms with Crippen molar-refractivity contribution in [1.29, 1.82) is 0 Å². The molecule has 136 valence electrons. The molecule has 1 aromatic heterocycles. The van der Waals surface area contributed by atoms with Crippen molar-refractivity contribution in [1.82, 2.24) is 5.01 Å². The number of benzene rings is 2. The molecule has 2 atom stereocenters. The van der Waals surface area contributed by atoms with Gasteiger partial charge in [0.25, 0.3) is 0 Å². The summed E-state index contributed by atoms with van der Waals surface area (Å²) in [6, 6.07) is 21.3. The fourth-order valence-electron chi connectivity index (χ4n) is 3.78. The molecule has 27 heavy (non-hydrogen) atoms. The van der Waals surface area contributed by atoms with E-state index in [2.05, 4.69) is 84.0 Å². The largest absolute Gasteiger partial charge is 0.464 e. The minimum absolute atomic E-state index is 0.210. The Balaban J connectivity index is 1.56. The maximum absolute atomic E-state index is 6.41. The van der Waals surface area contributed by atoms with Crippen LogP contribution in [0.2, 0.25) is 0 Å². The van der Waals surface area contributed by atoms with Gasteiger partial charge in [0, 0.05) is 37.3 Å². The van der Waals surface area contributed by atoms with Gasteiger partial charge in [-0.25, -0.2) is 5.01 Å². The van der Waals surface area contributed by atoms with Gasteiger partial charge in [0.15, 0.2) is 0 Å². The van der Waals surface area contributed by atoms with E-state index in [-0.39, 0.29) is 12.3 Å². The van der Waals surface area contributed by atoms with Crippen molar-refractivity contribution in [3.8, 4) is 5.75 Å². The fraction of sp³-hybridized carbons (Fsp3) is 0.227. The van der Waals surface area contributed by atoms with E-state index in [9.17, 15) is 0 Å². The molecular weight excluding hydrogens is 354 g/mol. The summed E-state index contributed by atoms with van der Waals surface area (Å²) in [5.41, 5.74) is 4.66. The molecule has 0 amide bonds. The molecule has 2 aliphatic rings. The van der Waals surface area contributed by atoms with E-state index in [0.717, 1.165) is 23.4 Å². The summed E-state index contributed by atoms with van der Waals surface area (Å²) < 4.78 is 6.41. The summed E-state index contributed by atoms with van der Waals surface area (Å²) >= 11 is 1.75. The van der Waals surface area contributed by atoms with E-state index in [4.69, 9.17) is 9.84 Å². The predicted molar refractivity (Wildman–Crippen MR) is 111 cm³/mol. The van der Waals surface area contributed by atoms with Crippen LogP contribution in [0.4, 0.5) is 5.69 Å². The number of nitrogens with zero attached hydrogens (tertiary/aromatic N) is 3. The average molecular weight is 375 g/mol. The van der Waals surface area contributed by atoms with Crippen molar-refractivity contribution >= 4 is 22.7 Å². The first-order valence-corrected chi connectivity index (χ1v) is 10.0. The van der Waals surface area contributed by atoms with E-state index >= 15 is 0 Å². The number of hydrazone groups is 1. The third-order valence-electron chi connectivity index (χ3n) is 5.20. The van der Waals surface area contributed by atoms with Gasteiger partial charge in [-0.05, 0) is 29.6 Å². The third-order valence-corrected chi connectivity index (χ3v) is 6.12. The standard InChI is InChI=1S/C22H21N3OS/c1-24(2)16-11-9-15(10-12-16)22-25-19(17-6-3-4-7-20(17)26-22)14-18(23-25)21-8-5-13-27-21/h3-13,19,22H,14H2,1-2H3/t19-,22+/m0/s1. The lowest BCUT2D eigenvalue weighted by Crippen LogP contribution is -2.33. The van der Waals surface area contributed by atoms with Gasteiger partial charge in [-0.3, -0.25) is 0 Å². The molecule has 0 unspecified atom stereocenters. The van der Waals surface area contributed by atoms with Crippen LogP contribution in [0.3, 0.4) is 0 Å². The molecule has 0 fully saturated rings. The Labute approximate surface area is 163 Å². The highest BCUT2D eigenvalue weighted by molar-refractivity contribution is 7.12. The Hall–Kier alpha value is -2.79. The number of hydrogen-bond donors (Lipinski definition) is 0. The molecule has 5 rings (SSSR count). The van der Waals surface area contributed by atoms with Crippen LogP contribution in [0.25, 0.3) is 0 Å². The van der Waals surface area contributed by atoms with Crippen LogP contribution < -0.4 is 9.64 Å². The van der Waals surface area contributed by atoms with Gasteiger partial charge in [0.1, 0.15) is 5.75 Å². The zero-order chi connectivity index (χ0) is 18.4. The van der Waals surface area contributed by atoms with E-state index in [1.54, 1.807) is 11.3 Å². The Kier molecular flexibility index (Phi) is 3.90. The first kappa shape index (κ1) is 16.4. The van der Waals surface area contributed by atoms with Crippen LogP contribution >= 0.6 is 11.3 Å². The molecule has 0 saturated heterocycles. The lowest BCUT2D eigenvalue weighted by molar-refractivity contribution is -0.0190. The minimum atomic E-state index is -0.210. The Bertz CT molecular complexity index is 979. The molecule has 2 aliphatic heterocycles. The molecule has 0 N–H and O–H groups in total. The molecule has 0 bridgehead atoms. The van der Waals surface area contributed by atoms with Gasteiger partial charge in [-0.1, -0.05) is 36.4 Å². The maximum atomic E-state index is 6.41. The van der Waals surface area contributed by atoms with Crippen molar-refractivity contribution in [2.24, 2.45) is 5.10 Å². The van der Waals surface area contributed by atoms with E-state index in [0.29, 0.717) is 0 Å². The Morgan fingerprint density at radius 3 is 2.59 bits per heavy atom. The summed E-state index contributed by atoms with van der Waals surface area (Å²) in [4.78, 5) is 3.34. The number of ether oxygens (including phenoxy) is 1. The lowest BCUT2D eigenvalue weighted by Gasteiger charge is -2.38. The minimum Gasteiger partial charge on any atom is -0.464 e. The highest BCUT2D eigenvalue weighted by Gasteiger charge is 2.40. The summed E-state index contributed by atoms with van der Waals surface area (Å²) in [5.74, 6) is 0.961. The molecule has 4 nitrogen and oxygen atoms in total. The number of hydrogen-bond acceptors (Lipinski definition) is 5. The smallest absolute Gasteiger partial charge is 0.213 e. The highest BCUT2D eigenvalue weighted by Crippen LogP contribution is 2.47. The SMILES string of the molecule is CN(C)c1ccc([C@H]2Oc3ccccc3[C@@H]3CC(c4cccs4)=NN23)cc1. The van der Waals surface area contributed by atoms with Crippen molar-refractivity contribution in [2.75, 3.05) is 19.0 Å². The van der Waals surface area contributed by atoms with Crippen molar-refractivity contribution in [3.63, 3.8) is 0 Å². The zero-order valence-corrected chi connectivity index (χ0v) is 16.2. The predicted octanol–water partition coefficient (Wildman–Crippen LogP) is 5.06. The monoisotopic (exact) mass is 375 g/mol. The van der Waals surface area contributed by atoms with E-state index in [1.165, 1.54) is 16.1 Å². The summed E-state index contributed by atoms with van der Waals surface area (Å²) in [6.07, 6.45) is 0.700. The van der Waals surface area contributed by atoms with Crippen LogP contribution in [0, 0.1) is 0 Å².